The molecule has 2 N–H and O–H groups in total. The molecule has 3 heteroatoms. The number of aryl methyl sites for hydroxylation is 1. The average molecular weight is 209 g/mol. The van der Waals surface area contributed by atoms with Gasteiger partial charge in [-0.1, -0.05) is 27.2 Å². The molecule has 0 saturated carbocycles. The summed E-state index contributed by atoms with van der Waals surface area (Å²) in [6.45, 7) is 8.41. The lowest BCUT2D eigenvalue weighted by molar-refractivity contribution is 0.467. The molecule has 0 aliphatic heterocycles. The molecule has 1 unspecified atom stereocenters. The molecule has 15 heavy (non-hydrogen) atoms. The van der Waals surface area contributed by atoms with Gasteiger partial charge in [-0.15, -0.1) is 0 Å². The molecule has 0 fully saturated rings. The van der Waals surface area contributed by atoms with Gasteiger partial charge in [-0.2, -0.15) is 0 Å². The highest BCUT2D eigenvalue weighted by molar-refractivity contribution is 5.08. The molecule has 0 radical (unpaired) electrons. The standard InChI is InChI=1S/C12H23N3/c1-4-5-6-15-9-14-8-12(15)11(7-13)10(2)3/h8-11H,4-7,13H2,1-3H3. The van der Waals surface area contributed by atoms with E-state index in [0.717, 1.165) is 6.54 Å². The van der Waals surface area contributed by atoms with Crippen LogP contribution in [0.5, 0.6) is 0 Å². The third-order valence-corrected chi connectivity index (χ3v) is 2.94. The van der Waals surface area contributed by atoms with Crippen molar-refractivity contribution in [2.24, 2.45) is 11.7 Å². The highest BCUT2D eigenvalue weighted by Crippen LogP contribution is 2.23. The molecule has 0 saturated heterocycles. The van der Waals surface area contributed by atoms with Crippen LogP contribution in [0.25, 0.3) is 0 Å². The fourth-order valence-corrected chi connectivity index (χ4v) is 1.89. The van der Waals surface area contributed by atoms with Crippen LogP contribution in [-0.4, -0.2) is 16.1 Å². The first kappa shape index (κ1) is 12.2. The highest BCUT2D eigenvalue weighted by atomic mass is 15.0. The zero-order chi connectivity index (χ0) is 11.3. The molecular formula is C12H23N3. The second kappa shape index (κ2) is 5.91. The fraction of sp³-hybridized carbons (Fsp3) is 0.750. The summed E-state index contributed by atoms with van der Waals surface area (Å²) in [6.07, 6.45) is 6.31. The molecule has 0 aliphatic carbocycles. The second-order valence-corrected chi connectivity index (χ2v) is 4.45. The topological polar surface area (TPSA) is 43.8 Å². The van der Waals surface area contributed by atoms with E-state index in [9.17, 15) is 0 Å². The van der Waals surface area contributed by atoms with E-state index >= 15 is 0 Å². The predicted molar refractivity (Wildman–Crippen MR) is 63.8 cm³/mol. The van der Waals surface area contributed by atoms with Gasteiger partial charge in [0.25, 0.3) is 0 Å². The Morgan fingerprint density at radius 2 is 2.20 bits per heavy atom. The molecular weight excluding hydrogens is 186 g/mol. The number of imidazole rings is 1. The molecule has 1 rings (SSSR count). The van der Waals surface area contributed by atoms with E-state index < -0.39 is 0 Å². The van der Waals surface area contributed by atoms with Crippen LogP contribution in [0, 0.1) is 5.92 Å². The Labute approximate surface area is 92.7 Å². The van der Waals surface area contributed by atoms with Gasteiger partial charge >= 0.3 is 0 Å². The van der Waals surface area contributed by atoms with Gasteiger partial charge in [-0.25, -0.2) is 4.98 Å². The van der Waals surface area contributed by atoms with Crippen molar-refractivity contribution in [1.82, 2.24) is 9.55 Å². The van der Waals surface area contributed by atoms with Crippen LogP contribution in [0.1, 0.15) is 45.2 Å². The summed E-state index contributed by atoms with van der Waals surface area (Å²) in [7, 11) is 0. The maximum Gasteiger partial charge on any atom is 0.0948 e. The van der Waals surface area contributed by atoms with E-state index in [1.54, 1.807) is 0 Å². The Hall–Kier alpha value is -0.830. The van der Waals surface area contributed by atoms with Crippen molar-refractivity contribution in [2.75, 3.05) is 6.54 Å². The number of aromatic nitrogens is 2. The van der Waals surface area contributed by atoms with Crippen molar-refractivity contribution in [3.05, 3.63) is 18.2 Å². The molecule has 0 aliphatic rings. The predicted octanol–water partition coefficient (Wildman–Crippen LogP) is 2.38. The lowest BCUT2D eigenvalue weighted by Gasteiger charge is -2.20. The molecule has 0 spiro atoms. The highest BCUT2D eigenvalue weighted by Gasteiger charge is 2.17. The minimum absolute atomic E-state index is 0.435. The SMILES string of the molecule is CCCCn1cncc1C(CN)C(C)C. The lowest BCUT2D eigenvalue weighted by atomic mass is 9.93. The van der Waals surface area contributed by atoms with Crippen LogP contribution in [0.15, 0.2) is 12.5 Å². The van der Waals surface area contributed by atoms with Crippen molar-refractivity contribution < 1.29 is 0 Å². The first-order valence-electron chi connectivity index (χ1n) is 5.90. The monoisotopic (exact) mass is 209 g/mol. The summed E-state index contributed by atoms with van der Waals surface area (Å²) in [6, 6.07) is 0. The van der Waals surface area contributed by atoms with Gasteiger partial charge in [0.05, 0.1) is 6.33 Å². The Balaban J connectivity index is 2.77. The van der Waals surface area contributed by atoms with Gasteiger partial charge in [-0.3, -0.25) is 0 Å². The number of rotatable bonds is 6. The number of nitrogens with zero attached hydrogens (tertiary/aromatic N) is 2. The van der Waals surface area contributed by atoms with E-state index in [0.29, 0.717) is 18.4 Å². The molecule has 0 bridgehead atoms. The molecule has 1 aromatic rings. The first-order chi connectivity index (χ1) is 7.20. The van der Waals surface area contributed by atoms with Crippen molar-refractivity contribution in [3.8, 4) is 0 Å². The third-order valence-electron chi connectivity index (χ3n) is 2.94. The number of hydrogen-bond donors (Lipinski definition) is 1. The maximum atomic E-state index is 5.82. The Kier molecular flexibility index (Phi) is 4.82. The summed E-state index contributed by atoms with van der Waals surface area (Å²) in [4.78, 5) is 4.23. The van der Waals surface area contributed by atoms with Crippen molar-refractivity contribution in [3.63, 3.8) is 0 Å². The lowest BCUT2D eigenvalue weighted by Crippen LogP contribution is -2.21. The second-order valence-electron chi connectivity index (χ2n) is 4.45. The number of nitrogens with two attached hydrogens (primary N) is 1. The van der Waals surface area contributed by atoms with Gasteiger partial charge < -0.3 is 10.3 Å². The van der Waals surface area contributed by atoms with Gasteiger partial charge in [0.15, 0.2) is 0 Å². The van der Waals surface area contributed by atoms with Crippen LogP contribution in [0.3, 0.4) is 0 Å². The van der Waals surface area contributed by atoms with Crippen LogP contribution in [0.4, 0.5) is 0 Å². The normalized spacial score (nSPS) is 13.4. The Morgan fingerprint density at radius 1 is 1.47 bits per heavy atom. The van der Waals surface area contributed by atoms with Gasteiger partial charge in [0, 0.05) is 30.9 Å². The van der Waals surface area contributed by atoms with Crippen LogP contribution in [-0.2, 0) is 6.54 Å². The van der Waals surface area contributed by atoms with Crippen LogP contribution < -0.4 is 5.73 Å². The Morgan fingerprint density at radius 3 is 2.73 bits per heavy atom. The first-order valence-corrected chi connectivity index (χ1v) is 5.90. The van der Waals surface area contributed by atoms with Gasteiger partial charge in [0.1, 0.15) is 0 Å². The van der Waals surface area contributed by atoms with Gasteiger partial charge in [0.2, 0.25) is 0 Å². The smallest absolute Gasteiger partial charge is 0.0948 e. The summed E-state index contributed by atoms with van der Waals surface area (Å²) in [5, 5.41) is 0. The van der Waals surface area contributed by atoms with Crippen LogP contribution >= 0.6 is 0 Å². The molecule has 1 aromatic heterocycles. The Bertz CT molecular complexity index is 278. The van der Waals surface area contributed by atoms with E-state index in [4.69, 9.17) is 5.73 Å². The molecule has 0 aromatic carbocycles. The number of hydrogen-bond acceptors (Lipinski definition) is 2. The average Bonchev–Trinajstić information content (AvgIpc) is 2.64. The van der Waals surface area contributed by atoms with Crippen molar-refractivity contribution in [1.29, 1.82) is 0 Å². The zero-order valence-electron chi connectivity index (χ0n) is 10.1. The zero-order valence-corrected chi connectivity index (χ0v) is 10.1. The fourth-order valence-electron chi connectivity index (χ4n) is 1.89. The van der Waals surface area contributed by atoms with E-state index in [2.05, 4.69) is 30.3 Å². The maximum absolute atomic E-state index is 5.82. The summed E-state index contributed by atoms with van der Waals surface area (Å²) < 4.78 is 2.25. The molecule has 1 heterocycles. The molecule has 3 nitrogen and oxygen atoms in total. The summed E-state index contributed by atoms with van der Waals surface area (Å²) >= 11 is 0. The molecule has 1 atom stereocenters. The largest absolute Gasteiger partial charge is 0.334 e. The quantitative estimate of drug-likeness (QED) is 0.781. The van der Waals surface area contributed by atoms with Crippen molar-refractivity contribution >= 4 is 0 Å². The summed E-state index contributed by atoms with van der Waals surface area (Å²) in [5.41, 5.74) is 7.11. The summed E-state index contributed by atoms with van der Waals surface area (Å²) in [5.74, 6) is 1.01. The van der Waals surface area contributed by atoms with E-state index in [-0.39, 0.29) is 0 Å². The van der Waals surface area contributed by atoms with Crippen molar-refractivity contribution in [2.45, 2.75) is 46.1 Å². The third kappa shape index (κ3) is 3.06. The molecule has 86 valence electrons. The minimum Gasteiger partial charge on any atom is -0.334 e. The van der Waals surface area contributed by atoms with E-state index in [1.165, 1.54) is 18.5 Å². The van der Waals surface area contributed by atoms with Gasteiger partial charge in [-0.05, 0) is 12.3 Å². The molecule has 0 amide bonds. The van der Waals surface area contributed by atoms with E-state index in [1.807, 2.05) is 12.5 Å². The number of unbranched alkanes of at least 4 members (excludes halogenated alkanes) is 1. The van der Waals surface area contributed by atoms with Crippen LogP contribution in [0.2, 0.25) is 0 Å². The minimum atomic E-state index is 0.435.